The Morgan fingerprint density at radius 3 is 2.08 bits per heavy atom. The van der Waals surface area contributed by atoms with E-state index in [1.165, 1.54) is 0 Å². The van der Waals surface area contributed by atoms with Crippen LogP contribution in [0.15, 0.2) is 0 Å². The van der Waals surface area contributed by atoms with Crippen LogP contribution < -0.4 is 5.32 Å². The van der Waals surface area contributed by atoms with Gasteiger partial charge in [0.15, 0.2) is 0 Å². The first-order chi connectivity index (χ1) is 5.81. The van der Waals surface area contributed by atoms with Crippen molar-refractivity contribution in [2.75, 3.05) is 0 Å². The molecule has 78 valence electrons. The van der Waals surface area contributed by atoms with Crippen molar-refractivity contribution in [2.24, 2.45) is 11.3 Å². The van der Waals surface area contributed by atoms with Crippen molar-refractivity contribution in [3.05, 3.63) is 0 Å². The van der Waals surface area contributed by atoms with E-state index in [4.69, 9.17) is 0 Å². The van der Waals surface area contributed by atoms with E-state index in [2.05, 4.69) is 39.9 Å². The molecule has 0 aliphatic rings. The second kappa shape index (κ2) is 4.64. The highest BCUT2D eigenvalue weighted by atomic mass is 16.1. The van der Waals surface area contributed by atoms with Crippen LogP contribution in [0.3, 0.4) is 0 Å². The van der Waals surface area contributed by atoms with Crippen molar-refractivity contribution >= 4 is 5.91 Å². The molecule has 0 aromatic carbocycles. The highest BCUT2D eigenvalue weighted by molar-refractivity contribution is 5.73. The number of carbonyl (C=O) groups is 1. The Bertz CT molecular complexity index is 173. The third-order valence-corrected chi connectivity index (χ3v) is 2.78. The molecule has 1 atom stereocenters. The summed E-state index contributed by atoms with van der Waals surface area (Å²) in [6.45, 7) is 12.5. The Balaban J connectivity index is 4.50. The summed E-state index contributed by atoms with van der Waals surface area (Å²) in [5.41, 5.74) is 0.180. The van der Waals surface area contributed by atoms with Crippen LogP contribution in [0.2, 0.25) is 0 Å². The van der Waals surface area contributed by atoms with Gasteiger partial charge in [-0.25, -0.2) is 0 Å². The maximum Gasteiger partial charge on any atom is 0.217 e. The van der Waals surface area contributed by atoms with Crippen LogP contribution in [0.4, 0.5) is 0 Å². The van der Waals surface area contributed by atoms with E-state index in [0.29, 0.717) is 5.92 Å². The Labute approximate surface area is 82.1 Å². The molecule has 0 aliphatic carbocycles. The SMILES string of the molecule is CCC(C)(C)[C@@H](NC(C)=O)C(C)C. The molecule has 0 bridgehead atoms. The Kier molecular flexibility index (Phi) is 4.45. The van der Waals surface area contributed by atoms with Gasteiger partial charge < -0.3 is 5.32 Å². The van der Waals surface area contributed by atoms with Crippen LogP contribution in [-0.4, -0.2) is 11.9 Å². The van der Waals surface area contributed by atoms with Crippen molar-refractivity contribution in [3.8, 4) is 0 Å². The standard InChI is InChI=1S/C11H23NO/c1-7-11(5,6)10(8(2)3)12-9(4)13/h8,10H,7H2,1-6H3,(H,12,13)/t10-/m0/s1. The predicted octanol–water partition coefficient (Wildman–Crippen LogP) is 2.58. The summed E-state index contributed by atoms with van der Waals surface area (Å²) in [6.07, 6.45) is 1.08. The van der Waals surface area contributed by atoms with Crippen LogP contribution in [0.5, 0.6) is 0 Å². The lowest BCUT2D eigenvalue weighted by Crippen LogP contribution is -2.47. The Morgan fingerprint density at radius 1 is 1.38 bits per heavy atom. The summed E-state index contributed by atoms with van der Waals surface area (Å²) in [7, 11) is 0. The van der Waals surface area contributed by atoms with E-state index >= 15 is 0 Å². The molecule has 0 rings (SSSR count). The lowest BCUT2D eigenvalue weighted by molar-refractivity contribution is -0.121. The summed E-state index contributed by atoms with van der Waals surface area (Å²) >= 11 is 0. The minimum Gasteiger partial charge on any atom is -0.353 e. The first kappa shape index (κ1) is 12.5. The van der Waals surface area contributed by atoms with Crippen molar-refractivity contribution in [3.63, 3.8) is 0 Å². The summed E-state index contributed by atoms with van der Waals surface area (Å²) in [4.78, 5) is 11.0. The van der Waals surface area contributed by atoms with Crippen molar-refractivity contribution < 1.29 is 4.79 Å². The van der Waals surface area contributed by atoms with Gasteiger partial charge in [0, 0.05) is 13.0 Å². The number of nitrogens with one attached hydrogen (secondary N) is 1. The molecule has 1 amide bonds. The third kappa shape index (κ3) is 3.79. The van der Waals surface area contributed by atoms with Gasteiger partial charge in [-0.05, 0) is 17.8 Å². The van der Waals surface area contributed by atoms with Crippen molar-refractivity contribution in [2.45, 2.75) is 54.0 Å². The van der Waals surface area contributed by atoms with Crippen LogP contribution in [0, 0.1) is 11.3 Å². The lowest BCUT2D eigenvalue weighted by atomic mass is 9.76. The maximum atomic E-state index is 11.0. The molecular formula is C11H23NO. The van der Waals surface area contributed by atoms with Crippen molar-refractivity contribution in [1.82, 2.24) is 5.32 Å². The monoisotopic (exact) mass is 185 g/mol. The first-order valence-electron chi connectivity index (χ1n) is 5.08. The Morgan fingerprint density at radius 2 is 1.85 bits per heavy atom. The molecule has 0 saturated heterocycles. The summed E-state index contributed by atoms with van der Waals surface area (Å²) in [5, 5.41) is 3.03. The minimum atomic E-state index is 0.0697. The highest BCUT2D eigenvalue weighted by Crippen LogP contribution is 2.29. The summed E-state index contributed by atoms with van der Waals surface area (Å²) < 4.78 is 0. The fourth-order valence-electron chi connectivity index (χ4n) is 1.70. The molecular weight excluding hydrogens is 162 g/mol. The average Bonchev–Trinajstić information content (AvgIpc) is 1.99. The molecule has 0 radical (unpaired) electrons. The fraction of sp³-hybridized carbons (Fsp3) is 0.909. The number of rotatable bonds is 4. The second-order valence-corrected chi connectivity index (χ2v) is 4.76. The zero-order chi connectivity index (χ0) is 10.6. The van der Waals surface area contributed by atoms with Gasteiger partial charge in [0.1, 0.15) is 0 Å². The molecule has 13 heavy (non-hydrogen) atoms. The third-order valence-electron chi connectivity index (χ3n) is 2.78. The zero-order valence-corrected chi connectivity index (χ0v) is 9.77. The van der Waals surface area contributed by atoms with Gasteiger partial charge >= 0.3 is 0 Å². The second-order valence-electron chi connectivity index (χ2n) is 4.76. The topological polar surface area (TPSA) is 29.1 Å². The van der Waals surface area contributed by atoms with Crippen molar-refractivity contribution in [1.29, 1.82) is 0 Å². The van der Waals surface area contributed by atoms with E-state index < -0.39 is 0 Å². The minimum absolute atomic E-state index is 0.0697. The van der Waals surface area contributed by atoms with E-state index in [0.717, 1.165) is 6.42 Å². The molecule has 2 heteroatoms. The number of amides is 1. The van der Waals surface area contributed by atoms with Gasteiger partial charge in [-0.1, -0.05) is 34.6 Å². The molecule has 0 heterocycles. The summed E-state index contributed by atoms with van der Waals surface area (Å²) in [5.74, 6) is 0.555. The number of hydrogen-bond acceptors (Lipinski definition) is 1. The Hall–Kier alpha value is -0.530. The molecule has 0 fully saturated rings. The van der Waals surface area contributed by atoms with E-state index in [-0.39, 0.29) is 17.4 Å². The molecule has 0 aromatic heterocycles. The van der Waals surface area contributed by atoms with Gasteiger partial charge in [0.05, 0.1) is 0 Å². The van der Waals surface area contributed by atoms with Gasteiger partial charge in [-0.2, -0.15) is 0 Å². The van der Waals surface area contributed by atoms with Crippen LogP contribution >= 0.6 is 0 Å². The maximum absolute atomic E-state index is 11.0. The normalized spacial score (nSPS) is 14.4. The first-order valence-corrected chi connectivity index (χ1v) is 5.08. The van der Waals surface area contributed by atoms with Gasteiger partial charge in [0.2, 0.25) is 5.91 Å². The van der Waals surface area contributed by atoms with Gasteiger partial charge in [-0.15, -0.1) is 0 Å². The highest BCUT2D eigenvalue weighted by Gasteiger charge is 2.30. The molecule has 0 saturated carbocycles. The molecule has 0 aromatic rings. The van der Waals surface area contributed by atoms with E-state index in [1.54, 1.807) is 6.92 Å². The van der Waals surface area contributed by atoms with Crippen LogP contribution in [0.1, 0.15) is 48.0 Å². The van der Waals surface area contributed by atoms with E-state index in [1.807, 2.05) is 0 Å². The fourth-order valence-corrected chi connectivity index (χ4v) is 1.70. The molecule has 0 unspecified atom stereocenters. The smallest absolute Gasteiger partial charge is 0.217 e. The lowest BCUT2D eigenvalue weighted by Gasteiger charge is -2.36. The average molecular weight is 185 g/mol. The predicted molar refractivity (Wildman–Crippen MR) is 56.5 cm³/mol. The largest absolute Gasteiger partial charge is 0.353 e. The number of carbonyl (C=O) groups excluding carboxylic acids is 1. The molecule has 0 aliphatic heterocycles. The molecule has 0 spiro atoms. The molecule has 1 N–H and O–H groups in total. The quantitative estimate of drug-likeness (QED) is 0.716. The van der Waals surface area contributed by atoms with E-state index in [9.17, 15) is 4.79 Å². The summed E-state index contributed by atoms with van der Waals surface area (Å²) in [6, 6.07) is 0.273. The van der Waals surface area contributed by atoms with Crippen LogP contribution in [-0.2, 0) is 4.79 Å². The molecule has 2 nitrogen and oxygen atoms in total. The zero-order valence-electron chi connectivity index (χ0n) is 9.77. The van der Waals surface area contributed by atoms with Gasteiger partial charge in [0.25, 0.3) is 0 Å². The van der Waals surface area contributed by atoms with Gasteiger partial charge in [-0.3, -0.25) is 4.79 Å². The number of hydrogen-bond donors (Lipinski definition) is 1. The van der Waals surface area contributed by atoms with Crippen LogP contribution in [0.25, 0.3) is 0 Å².